The molecule has 1 atom stereocenters. The van der Waals surface area contributed by atoms with Crippen molar-refractivity contribution in [3.05, 3.63) is 0 Å². The highest BCUT2D eigenvalue weighted by atomic mass is 16.6. The Morgan fingerprint density at radius 1 is 0.380 bits per heavy atom. The van der Waals surface area contributed by atoms with Gasteiger partial charge in [0.05, 0.1) is 0 Å². The van der Waals surface area contributed by atoms with Gasteiger partial charge in [0.1, 0.15) is 13.2 Å². The molecular weight excluding hydrogens is 624 g/mol. The van der Waals surface area contributed by atoms with E-state index in [0.29, 0.717) is 19.3 Å². The normalized spacial score (nSPS) is 11.9. The lowest BCUT2D eigenvalue weighted by molar-refractivity contribution is -0.167. The summed E-state index contributed by atoms with van der Waals surface area (Å²) in [5, 5.41) is 0. The number of carbonyl (C=O) groups excluding carboxylic acids is 3. The molecule has 0 saturated heterocycles. The second kappa shape index (κ2) is 38.6. The average Bonchev–Trinajstić information content (AvgIpc) is 3.09. The van der Waals surface area contributed by atoms with E-state index in [1.807, 2.05) is 0 Å². The van der Waals surface area contributed by atoms with E-state index in [9.17, 15) is 14.4 Å². The lowest BCUT2D eigenvalue weighted by Crippen LogP contribution is -2.30. The van der Waals surface area contributed by atoms with Crippen LogP contribution in [0.2, 0.25) is 0 Å². The number of unbranched alkanes of at least 4 members (excludes halogenated alkanes) is 26. The molecule has 0 unspecified atom stereocenters. The first-order chi connectivity index (χ1) is 24.4. The minimum absolute atomic E-state index is 0.0651. The number of carbonyl (C=O) groups is 3. The SMILES string of the molecule is CCCCCCCCCCCCCCCCC(=O)OC[C@@H](COC(=O)CCCCCCCCCCC)OC(=O)CCCCCCCCC(C)C. The van der Waals surface area contributed by atoms with E-state index in [1.54, 1.807) is 0 Å². The van der Waals surface area contributed by atoms with Gasteiger partial charge in [-0.25, -0.2) is 0 Å². The summed E-state index contributed by atoms with van der Waals surface area (Å²) in [7, 11) is 0. The van der Waals surface area contributed by atoms with E-state index in [4.69, 9.17) is 14.2 Å². The Morgan fingerprint density at radius 3 is 0.980 bits per heavy atom. The van der Waals surface area contributed by atoms with Crippen molar-refractivity contribution in [2.75, 3.05) is 13.2 Å². The largest absolute Gasteiger partial charge is 0.462 e. The summed E-state index contributed by atoms with van der Waals surface area (Å²) < 4.78 is 16.6. The number of hydrogen-bond acceptors (Lipinski definition) is 6. The van der Waals surface area contributed by atoms with Crippen molar-refractivity contribution in [2.24, 2.45) is 5.92 Å². The van der Waals surface area contributed by atoms with Crippen LogP contribution in [0.5, 0.6) is 0 Å². The summed E-state index contributed by atoms with van der Waals surface area (Å²) in [6, 6.07) is 0. The first kappa shape index (κ1) is 48.4. The predicted octanol–water partition coefficient (Wildman–Crippen LogP) is 13.6. The fourth-order valence-electron chi connectivity index (χ4n) is 6.45. The second-order valence-electron chi connectivity index (χ2n) is 15.5. The summed E-state index contributed by atoms with van der Waals surface area (Å²) in [4.78, 5) is 37.5. The average molecular weight is 709 g/mol. The molecule has 0 fully saturated rings. The van der Waals surface area contributed by atoms with Crippen molar-refractivity contribution in [3.8, 4) is 0 Å². The van der Waals surface area contributed by atoms with E-state index >= 15 is 0 Å². The van der Waals surface area contributed by atoms with Gasteiger partial charge in [0.25, 0.3) is 0 Å². The molecule has 0 spiro atoms. The smallest absolute Gasteiger partial charge is 0.306 e. The Kier molecular flexibility index (Phi) is 37.4. The van der Waals surface area contributed by atoms with E-state index in [1.165, 1.54) is 135 Å². The van der Waals surface area contributed by atoms with E-state index in [-0.39, 0.29) is 31.1 Å². The van der Waals surface area contributed by atoms with Crippen molar-refractivity contribution in [1.29, 1.82) is 0 Å². The standard InChI is InChI=1S/C44H84O6/c1-5-7-9-11-13-15-16-17-18-19-21-23-28-32-36-43(46)49-39-41(50-44(47)37-33-29-25-24-26-30-34-40(3)4)38-48-42(45)35-31-27-22-20-14-12-10-8-6-2/h40-41H,5-39H2,1-4H3/t41-/m1/s1. The molecule has 0 aliphatic rings. The Labute approximate surface area is 310 Å². The van der Waals surface area contributed by atoms with Crippen LogP contribution in [0.1, 0.15) is 240 Å². The van der Waals surface area contributed by atoms with Crippen molar-refractivity contribution in [3.63, 3.8) is 0 Å². The maximum Gasteiger partial charge on any atom is 0.306 e. The Morgan fingerprint density at radius 2 is 0.660 bits per heavy atom. The fraction of sp³-hybridized carbons (Fsp3) is 0.932. The van der Waals surface area contributed by atoms with Gasteiger partial charge in [-0.05, 0) is 25.2 Å². The van der Waals surface area contributed by atoms with Crippen LogP contribution in [0.25, 0.3) is 0 Å². The van der Waals surface area contributed by atoms with Gasteiger partial charge in [0, 0.05) is 19.3 Å². The zero-order chi connectivity index (χ0) is 36.8. The molecule has 0 N–H and O–H groups in total. The molecule has 6 nitrogen and oxygen atoms in total. The number of esters is 3. The molecule has 0 saturated carbocycles. The summed E-state index contributed by atoms with van der Waals surface area (Å²) in [6.45, 7) is 8.90. The summed E-state index contributed by atoms with van der Waals surface area (Å²) >= 11 is 0. The van der Waals surface area contributed by atoms with Crippen LogP contribution >= 0.6 is 0 Å². The quantitative estimate of drug-likeness (QED) is 0.0359. The molecule has 0 radical (unpaired) electrons. The number of ether oxygens (including phenoxy) is 3. The van der Waals surface area contributed by atoms with Gasteiger partial charge in [-0.2, -0.15) is 0 Å². The maximum atomic E-state index is 12.6. The maximum absolute atomic E-state index is 12.6. The predicted molar refractivity (Wildman–Crippen MR) is 210 cm³/mol. The Balaban J connectivity index is 4.28. The lowest BCUT2D eigenvalue weighted by atomic mass is 10.0. The summed E-state index contributed by atoms with van der Waals surface area (Å²) in [5.41, 5.74) is 0. The van der Waals surface area contributed by atoms with E-state index in [2.05, 4.69) is 27.7 Å². The Bertz CT molecular complexity index is 751. The summed E-state index contributed by atoms with van der Waals surface area (Å²) in [6.07, 6.45) is 36.7. The van der Waals surface area contributed by atoms with Crippen LogP contribution in [0.15, 0.2) is 0 Å². The fourth-order valence-corrected chi connectivity index (χ4v) is 6.45. The minimum Gasteiger partial charge on any atom is -0.462 e. The molecule has 0 amide bonds. The van der Waals surface area contributed by atoms with Gasteiger partial charge in [0.15, 0.2) is 6.10 Å². The van der Waals surface area contributed by atoms with Crippen LogP contribution in [0, 0.1) is 5.92 Å². The van der Waals surface area contributed by atoms with Crippen LogP contribution in [-0.2, 0) is 28.6 Å². The third-order valence-electron chi connectivity index (χ3n) is 9.79. The highest BCUT2D eigenvalue weighted by Crippen LogP contribution is 2.16. The van der Waals surface area contributed by atoms with Crippen LogP contribution in [0.3, 0.4) is 0 Å². The van der Waals surface area contributed by atoms with Crippen molar-refractivity contribution < 1.29 is 28.6 Å². The minimum atomic E-state index is -0.758. The highest BCUT2D eigenvalue weighted by molar-refractivity contribution is 5.71. The van der Waals surface area contributed by atoms with Crippen molar-refractivity contribution in [1.82, 2.24) is 0 Å². The molecule has 50 heavy (non-hydrogen) atoms. The van der Waals surface area contributed by atoms with Crippen LogP contribution in [-0.4, -0.2) is 37.2 Å². The van der Waals surface area contributed by atoms with Gasteiger partial charge in [-0.3, -0.25) is 14.4 Å². The van der Waals surface area contributed by atoms with Crippen LogP contribution < -0.4 is 0 Å². The number of rotatable bonds is 39. The monoisotopic (exact) mass is 709 g/mol. The molecule has 0 aromatic heterocycles. The molecule has 296 valence electrons. The molecule has 0 heterocycles. The molecule has 0 aliphatic heterocycles. The molecule has 6 heteroatoms. The molecular formula is C44H84O6. The van der Waals surface area contributed by atoms with E-state index in [0.717, 1.165) is 63.7 Å². The van der Waals surface area contributed by atoms with Crippen LogP contribution in [0.4, 0.5) is 0 Å². The van der Waals surface area contributed by atoms with Gasteiger partial charge < -0.3 is 14.2 Å². The van der Waals surface area contributed by atoms with Crippen molar-refractivity contribution >= 4 is 17.9 Å². The molecule has 0 aromatic carbocycles. The van der Waals surface area contributed by atoms with Gasteiger partial charge >= 0.3 is 17.9 Å². The Hall–Kier alpha value is -1.59. The zero-order valence-electron chi connectivity index (χ0n) is 33.9. The van der Waals surface area contributed by atoms with E-state index < -0.39 is 6.10 Å². The molecule has 0 rings (SSSR count). The topological polar surface area (TPSA) is 78.9 Å². The van der Waals surface area contributed by atoms with Gasteiger partial charge in [-0.1, -0.05) is 201 Å². The second-order valence-corrected chi connectivity index (χ2v) is 15.5. The van der Waals surface area contributed by atoms with Gasteiger partial charge in [0.2, 0.25) is 0 Å². The summed E-state index contributed by atoms with van der Waals surface area (Å²) in [5.74, 6) is -0.105. The van der Waals surface area contributed by atoms with Crippen molar-refractivity contribution in [2.45, 2.75) is 246 Å². The molecule has 0 aromatic rings. The highest BCUT2D eigenvalue weighted by Gasteiger charge is 2.19. The first-order valence-corrected chi connectivity index (χ1v) is 21.9. The third-order valence-corrected chi connectivity index (χ3v) is 9.79. The molecule has 0 aliphatic carbocycles. The zero-order valence-corrected chi connectivity index (χ0v) is 33.9. The molecule has 0 bridgehead atoms. The van der Waals surface area contributed by atoms with Gasteiger partial charge in [-0.15, -0.1) is 0 Å². The first-order valence-electron chi connectivity index (χ1n) is 21.9. The lowest BCUT2D eigenvalue weighted by Gasteiger charge is -2.18. The third kappa shape index (κ3) is 37.7. The number of hydrogen-bond donors (Lipinski definition) is 0.